The van der Waals surface area contributed by atoms with Gasteiger partial charge in [0.2, 0.25) is 0 Å². The number of amides is 1. The third-order valence-electron chi connectivity index (χ3n) is 6.29. The highest BCUT2D eigenvalue weighted by Gasteiger charge is 2.42. The quantitative estimate of drug-likeness (QED) is 0.172. The fourth-order valence-corrected chi connectivity index (χ4v) is 4.72. The van der Waals surface area contributed by atoms with Gasteiger partial charge >= 0.3 is 6.18 Å². The molecule has 0 radical (unpaired) electrons. The molecule has 0 unspecified atom stereocenters. The van der Waals surface area contributed by atoms with Crippen molar-refractivity contribution >= 4 is 23.0 Å². The zero-order valence-electron chi connectivity index (χ0n) is 20.5. The largest absolute Gasteiger partial charge is 0.493 e. The molecule has 1 heterocycles. The molecule has 200 valence electrons. The summed E-state index contributed by atoms with van der Waals surface area (Å²) in [7, 11) is 2.36. The summed E-state index contributed by atoms with van der Waals surface area (Å²) in [5.41, 5.74) is 2.72. The number of carbonyl (C=O) groups excluding carboxylic acids is 1. The maximum atomic E-state index is 13.7. The van der Waals surface area contributed by atoms with Crippen LogP contribution in [0.3, 0.4) is 0 Å². The lowest BCUT2D eigenvalue weighted by atomic mass is 9.94. The van der Waals surface area contributed by atoms with Crippen LogP contribution in [0, 0.1) is 5.92 Å². The molecular weight excluding hydrogens is 521 g/mol. The van der Waals surface area contributed by atoms with Crippen molar-refractivity contribution in [2.24, 2.45) is 5.92 Å². The Labute approximate surface area is 222 Å². The van der Waals surface area contributed by atoms with E-state index >= 15 is 0 Å². The molecule has 1 amide bonds. The van der Waals surface area contributed by atoms with E-state index in [2.05, 4.69) is 0 Å². The van der Waals surface area contributed by atoms with Crippen molar-refractivity contribution in [1.29, 1.82) is 0 Å². The number of hydroxylamine groups is 3. The minimum Gasteiger partial charge on any atom is -0.493 e. The summed E-state index contributed by atoms with van der Waals surface area (Å²) in [5.74, 6) is -1.37. The minimum absolute atomic E-state index is 0.104. The Morgan fingerprint density at radius 2 is 1.68 bits per heavy atom. The summed E-state index contributed by atoms with van der Waals surface area (Å²) >= 11 is 5.57. The van der Waals surface area contributed by atoms with Gasteiger partial charge in [0, 0.05) is 17.3 Å². The van der Waals surface area contributed by atoms with Crippen molar-refractivity contribution in [3.63, 3.8) is 0 Å². The van der Waals surface area contributed by atoms with E-state index < -0.39 is 35.4 Å². The first-order chi connectivity index (χ1) is 18.2. The number of hydrogen-bond acceptors (Lipinski definition) is 7. The summed E-state index contributed by atoms with van der Waals surface area (Å²) in [6, 6.07) is 18.3. The molecule has 0 saturated carbocycles. The minimum atomic E-state index is -4.71. The molecule has 1 aliphatic rings. The van der Waals surface area contributed by atoms with Gasteiger partial charge in [-0.05, 0) is 47.4 Å². The van der Waals surface area contributed by atoms with Crippen molar-refractivity contribution in [3.8, 4) is 28.4 Å². The number of halogens is 3. The fraction of sp³-hybridized carbons (Fsp3) is 0.259. The molecule has 3 aromatic rings. The summed E-state index contributed by atoms with van der Waals surface area (Å²) < 4.78 is 51.3. The van der Waals surface area contributed by atoms with Crippen LogP contribution >= 0.6 is 12.2 Å². The summed E-state index contributed by atoms with van der Waals surface area (Å²) in [6.45, 7) is 0.104. The lowest BCUT2D eigenvalue weighted by Crippen LogP contribution is -2.43. The molecule has 38 heavy (non-hydrogen) atoms. The summed E-state index contributed by atoms with van der Waals surface area (Å²) in [5, 5.41) is 10.6. The Hall–Kier alpha value is -3.67. The van der Waals surface area contributed by atoms with Crippen molar-refractivity contribution in [2.45, 2.75) is 18.6 Å². The van der Waals surface area contributed by atoms with Crippen LogP contribution in [0.1, 0.15) is 17.5 Å². The van der Waals surface area contributed by atoms with Gasteiger partial charge in [0.15, 0.2) is 11.5 Å². The van der Waals surface area contributed by atoms with E-state index in [1.807, 2.05) is 42.5 Å². The van der Waals surface area contributed by atoms with E-state index in [1.54, 1.807) is 17.6 Å². The number of thiocarbonyl (C=S) groups is 1. The number of rotatable bonds is 8. The van der Waals surface area contributed by atoms with Gasteiger partial charge in [0.05, 0.1) is 14.2 Å². The number of methoxy groups -OCH3 is 2. The van der Waals surface area contributed by atoms with E-state index in [4.69, 9.17) is 26.5 Å². The van der Waals surface area contributed by atoms with Crippen molar-refractivity contribution < 1.29 is 37.5 Å². The first-order valence-corrected chi connectivity index (χ1v) is 12.0. The number of hydrogen-bond donors (Lipinski definition) is 2. The average Bonchev–Trinajstić information content (AvgIpc) is 3.35. The SMILES string of the molecule is COc1cc(C(=S)[C@H]2C[C@H](C(=O)NO)N(Oc3ccc(-c4ccccc4)cc3)C2)cc(C(F)(F)F)c1OC. The number of benzene rings is 3. The van der Waals surface area contributed by atoms with Crippen LogP contribution in [0.4, 0.5) is 13.2 Å². The molecule has 0 aromatic heterocycles. The van der Waals surface area contributed by atoms with Gasteiger partial charge in [-0.3, -0.25) is 10.0 Å². The third kappa shape index (κ3) is 5.74. The van der Waals surface area contributed by atoms with E-state index in [9.17, 15) is 23.2 Å². The van der Waals surface area contributed by atoms with Crippen molar-refractivity contribution in [1.82, 2.24) is 10.5 Å². The first kappa shape index (κ1) is 27.4. The molecule has 2 N–H and O–H groups in total. The summed E-state index contributed by atoms with van der Waals surface area (Å²) in [6.07, 6.45) is -4.59. The molecule has 3 aromatic carbocycles. The molecule has 4 rings (SSSR count). The Kier molecular flexibility index (Phi) is 8.20. The lowest BCUT2D eigenvalue weighted by molar-refractivity contribution is -0.146. The third-order valence-corrected chi connectivity index (χ3v) is 6.86. The zero-order valence-corrected chi connectivity index (χ0v) is 21.3. The van der Waals surface area contributed by atoms with Gasteiger partial charge in [0.1, 0.15) is 17.4 Å². The second-order valence-corrected chi connectivity index (χ2v) is 9.07. The fourth-order valence-electron chi connectivity index (χ4n) is 4.44. The second-order valence-electron chi connectivity index (χ2n) is 8.63. The standard InChI is InChI=1S/C27H25F3N2O5S/c1-35-23-14-18(12-21(24(23)36-2)27(28,29)30)25(38)19-13-22(26(33)31-34)32(15-19)37-20-10-8-17(9-11-20)16-6-4-3-5-7-16/h3-12,14,19,22,34H,13,15H2,1-2H3,(H,31,33)/t19-,22+/m0/s1. The predicted molar refractivity (Wildman–Crippen MR) is 137 cm³/mol. The molecule has 1 fully saturated rings. The van der Waals surface area contributed by atoms with Gasteiger partial charge in [-0.1, -0.05) is 54.7 Å². The Morgan fingerprint density at radius 3 is 2.26 bits per heavy atom. The Morgan fingerprint density at radius 1 is 1.03 bits per heavy atom. The highest BCUT2D eigenvalue weighted by atomic mass is 32.1. The van der Waals surface area contributed by atoms with Crippen LogP contribution in [0.25, 0.3) is 11.1 Å². The molecule has 0 spiro atoms. The zero-order chi connectivity index (χ0) is 27.4. The summed E-state index contributed by atoms with van der Waals surface area (Å²) in [4.78, 5) is 18.6. The van der Waals surface area contributed by atoms with E-state index in [0.29, 0.717) is 5.75 Å². The molecule has 11 heteroatoms. The molecule has 0 bridgehead atoms. The highest BCUT2D eigenvalue weighted by Crippen LogP contribution is 2.43. The normalized spacial score (nSPS) is 17.6. The number of nitrogens with one attached hydrogen (secondary N) is 1. The van der Waals surface area contributed by atoms with Crippen LogP contribution in [0.15, 0.2) is 66.7 Å². The van der Waals surface area contributed by atoms with Crippen molar-refractivity contribution in [3.05, 3.63) is 77.9 Å². The van der Waals surface area contributed by atoms with E-state index in [-0.39, 0.29) is 29.1 Å². The monoisotopic (exact) mass is 546 g/mol. The van der Waals surface area contributed by atoms with Crippen LogP contribution in [-0.2, 0) is 11.0 Å². The van der Waals surface area contributed by atoms with Gasteiger partial charge in [-0.25, -0.2) is 5.48 Å². The number of carbonyl (C=O) groups is 1. The first-order valence-electron chi connectivity index (χ1n) is 11.6. The average molecular weight is 547 g/mol. The molecule has 2 atom stereocenters. The van der Waals surface area contributed by atoms with Gasteiger partial charge in [-0.2, -0.15) is 13.2 Å². The van der Waals surface area contributed by atoms with E-state index in [1.165, 1.54) is 18.2 Å². The van der Waals surface area contributed by atoms with Crippen LogP contribution < -0.4 is 19.8 Å². The second kappa shape index (κ2) is 11.4. The molecule has 0 aliphatic carbocycles. The van der Waals surface area contributed by atoms with Gasteiger partial charge < -0.3 is 14.3 Å². The highest BCUT2D eigenvalue weighted by molar-refractivity contribution is 7.80. The van der Waals surface area contributed by atoms with E-state index in [0.717, 1.165) is 24.3 Å². The maximum absolute atomic E-state index is 13.7. The van der Waals surface area contributed by atoms with Crippen LogP contribution in [0.2, 0.25) is 0 Å². The Balaban J connectivity index is 1.58. The van der Waals surface area contributed by atoms with Crippen LogP contribution in [-0.4, -0.2) is 47.8 Å². The van der Waals surface area contributed by atoms with Crippen LogP contribution in [0.5, 0.6) is 17.2 Å². The lowest BCUT2D eigenvalue weighted by Gasteiger charge is -2.22. The van der Waals surface area contributed by atoms with Gasteiger partial charge in [0.25, 0.3) is 5.91 Å². The maximum Gasteiger partial charge on any atom is 0.420 e. The number of nitrogens with zero attached hydrogens (tertiary/aromatic N) is 1. The smallest absolute Gasteiger partial charge is 0.420 e. The number of ether oxygens (including phenoxy) is 2. The molecule has 1 saturated heterocycles. The van der Waals surface area contributed by atoms with Gasteiger partial charge in [-0.15, -0.1) is 5.06 Å². The number of alkyl halides is 3. The Bertz CT molecular complexity index is 1300. The van der Waals surface area contributed by atoms with Crippen molar-refractivity contribution in [2.75, 3.05) is 20.8 Å². The molecule has 1 aliphatic heterocycles. The molecule has 7 nitrogen and oxygen atoms in total. The predicted octanol–water partition coefficient (Wildman–Crippen LogP) is 5.30. The molecular formula is C27H25F3N2O5S. The topological polar surface area (TPSA) is 80.3 Å².